The molecule has 0 bridgehead atoms. The van der Waals surface area contributed by atoms with Gasteiger partial charge in [-0.25, -0.2) is 0 Å². The lowest BCUT2D eigenvalue weighted by Crippen LogP contribution is -2.05. The van der Waals surface area contributed by atoms with Crippen molar-refractivity contribution in [2.24, 2.45) is 0 Å². The van der Waals surface area contributed by atoms with Gasteiger partial charge in [-0.1, -0.05) is 66.1 Å². The first kappa shape index (κ1) is 11.7. The van der Waals surface area contributed by atoms with Crippen LogP contribution in [-0.2, 0) is 0 Å². The van der Waals surface area contributed by atoms with Crippen molar-refractivity contribution in [1.29, 1.82) is 0 Å². The Morgan fingerprint density at radius 1 is 0.650 bits per heavy atom. The van der Waals surface area contributed by atoms with Crippen molar-refractivity contribution in [3.63, 3.8) is 0 Å². The highest BCUT2D eigenvalue weighted by molar-refractivity contribution is 7.26. The highest BCUT2D eigenvalue weighted by Crippen LogP contribution is 2.39. The summed E-state index contributed by atoms with van der Waals surface area (Å²) in [6.07, 6.45) is 0. The molecule has 0 aliphatic heterocycles. The lowest BCUT2D eigenvalue weighted by molar-refractivity contribution is 1.72. The van der Waals surface area contributed by atoms with Crippen LogP contribution in [0.2, 0.25) is 0 Å². The van der Waals surface area contributed by atoms with Crippen LogP contribution in [0, 0.1) is 0 Å². The smallest absolute Gasteiger partial charge is 0.114 e. The Morgan fingerprint density at radius 2 is 1.35 bits per heavy atom. The summed E-state index contributed by atoms with van der Waals surface area (Å²) in [4.78, 5) is 0. The number of hydrogen-bond acceptors (Lipinski definition) is 1. The first-order valence-corrected chi connectivity index (χ1v) is 7.41. The van der Waals surface area contributed by atoms with Crippen molar-refractivity contribution < 1.29 is 0 Å². The highest BCUT2D eigenvalue weighted by Gasteiger charge is 2.10. The average Bonchev–Trinajstić information content (AvgIpc) is 2.86. The van der Waals surface area contributed by atoms with Gasteiger partial charge in [-0.15, -0.1) is 11.3 Å². The molecule has 0 atom stereocenters. The Kier molecular flexibility index (Phi) is 2.64. The molecule has 0 amide bonds. The molecule has 4 aromatic rings. The van der Waals surface area contributed by atoms with Crippen molar-refractivity contribution in [3.8, 4) is 11.1 Å². The summed E-state index contributed by atoms with van der Waals surface area (Å²) in [5.41, 5.74) is 3.17. The van der Waals surface area contributed by atoms with E-state index in [4.69, 9.17) is 7.85 Å². The predicted molar refractivity (Wildman–Crippen MR) is 90.2 cm³/mol. The van der Waals surface area contributed by atoms with Crippen LogP contribution in [0.15, 0.2) is 66.7 Å². The van der Waals surface area contributed by atoms with Gasteiger partial charge in [0, 0.05) is 20.2 Å². The Labute approximate surface area is 123 Å². The molecule has 0 nitrogen and oxygen atoms in total. The van der Waals surface area contributed by atoms with E-state index in [1.54, 1.807) is 0 Å². The van der Waals surface area contributed by atoms with E-state index in [2.05, 4.69) is 48.5 Å². The molecule has 0 spiro atoms. The molecule has 2 heteroatoms. The summed E-state index contributed by atoms with van der Waals surface area (Å²) in [5.74, 6) is 0. The minimum atomic E-state index is 0.831. The van der Waals surface area contributed by atoms with Gasteiger partial charge in [0.05, 0.1) is 0 Å². The quantitative estimate of drug-likeness (QED) is 0.446. The molecule has 1 heterocycles. The fourth-order valence-electron chi connectivity index (χ4n) is 2.70. The van der Waals surface area contributed by atoms with Gasteiger partial charge in [0.15, 0.2) is 0 Å². The van der Waals surface area contributed by atoms with E-state index in [0.29, 0.717) is 0 Å². The second-order valence-electron chi connectivity index (χ2n) is 4.87. The van der Waals surface area contributed by atoms with E-state index in [1.165, 1.54) is 25.7 Å². The molecule has 20 heavy (non-hydrogen) atoms. The molecule has 4 rings (SSSR count). The van der Waals surface area contributed by atoms with Crippen molar-refractivity contribution in [2.75, 3.05) is 0 Å². The van der Waals surface area contributed by atoms with Crippen molar-refractivity contribution in [3.05, 3.63) is 66.7 Å². The lowest BCUT2D eigenvalue weighted by Gasteiger charge is -2.07. The zero-order valence-corrected chi connectivity index (χ0v) is 11.7. The summed E-state index contributed by atoms with van der Waals surface area (Å²) in [6.45, 7) is 0. The largest absolute Gasteiger partial charge is 0.135 e. The predicted octanol–water partition coefficient (Wildman–Crippen LogP) is 4.52. The number of fused-ring (bicyclic) bond motifs is 3. The first-order valence-electron chi connectivity index (χ1n) is 6.60. The second kappa shape index (κ2) is 4.50. The third-order valence-electron chi connectivity index (χ3n) is 3.66. The summed E-state index contributed by atoms with van der Waals surface area (Å²) in [5, 5.41) is 2.63. The molecule has 0 aliphatic carbocycles. The lowest BCUT2D eigenvalue weighted by atomic mass is 9.87. The molecule has 0 saturated carbocycles. The summed E-state index contributed by atoms with van der Waals surface area (Å²) in [6, 6.07) is 23.1. The van der Waals surface area contributed by atoms with Crippen LogP contribution in [0.5, 0.6) is 0 Å². The molecule has 0 aliphatic rings. The summed E-state index contributed by atoms with van der Waals surface area (Å²) in [7, 11) is 6.14. The van der Waals surface area contributed by atoms with Crippen molar-refractivity contribution >= 4 is 44.8 Å². The van der Waals surface area contributed by atoms with Gasteiger partial charge < -0.3 is 0 Å². The third-order valence-corrected chi connectivity index (χ3v) is 4.88. The van der Waals surface area contributed by atoms with Gasteiger partial charge in [-0.2, -0.15) is 0 Å². The van der Waals surface area contributed by atoms with E-state index in [-0.39, 0.29) is 0 Å². The number of benzene rings is 3. The van der Waals surface area contributed by atoms with Crippen LogP contribution in [-0.4, -0.2) is 7.85 Å². The maximum Gasteiger partial charge on any atom is 0.114 e. The van der Waals surface area contributed by atoms with Gasteiger partial charge in [0.2, 0.25) is 0 Å². The topological polar surface area (TPSA) is 0 Å². The Hall–Kier alpha value is -2.06. The fourth-order valence-corrected chi connectivity index (χ4v) is 3.93. The van der Waals surface area contributed by atoms with Crippen LogP contribution >= 0.6 is 11.3 Å². The van der Waals surface area contributed by atoms with Gasteiger partial charge in [0.1, 0.15) is 7.85 Å². The first-order chi connectivity index (χ1) is 9.84. The monoisotopic (exact) mass is 270 g/mol. The highest BCUT2D eigenvalue weighted by atomic mass is 32.1. The number of rotatable bonds is 1. The minimum Gasteiger partial charge on any atom is -0.135 e. The van der Waals surface area contributed by atoms with Crippen LogP contribution in [0.25, 0.3) is 31.3 Å². The molecular weight excluding hydrogens is 259 g/mol. The SMILES string of the molecule is [B]c1ccccc1-c1cccc2c1sc1ccccc12. The molecule has 92 valence electrons. The van der Waals surface area contributed by atoms with Crippen LogP contribution in [0.4, 0.5) is 0 Å². The molecule has 1 aromatic heterocycles. The molecule has 0 N–H and O–H groups in total. The van der Waals surface area contributed by atoms with E-state index in [0.717, 1.165) is 11.0 Å². The number of hydrogen-bond donors (Lipinski definition) is 0. The Morgan fingerprint density at radius 3 is 2.25 bits per heavy atom. The van der Waals surface area contributed by atoms with Crippen LogP contribution < -0.4 is 5.46 Å². The van der Waals surface area contributed by atoms with E-state index in [1.807, 2.05) is 29.5 Å². The van der Waals surface area contributed by atoms with E-state index >= 15 is 0 Å². The standard InChI is InChI=1S/C18H11BS/c19-16-10-3-1-6-12(16)14-8-5-9-15-13-7-2-4-11-17(13)20-18(14)15/h1-11H. The van der Waals surface area contributed by atoms with Crippen molar-refractivity contribution in [2.45, 2.75) is 0 Å². The number of thiophene rings is 1. The zero-order chi connectivity index (χ0) is 13.5. The second-order valence-corrected chi connectivity index (χ2v) is 5.92. The molecule has 2 radical (unpaired) electrons. The zero-order valence-electron chi connectivity index (χ0n) is 10.8. The fraction of sp³-hybridized carbons (Fsp3) is 0. The maximum atomic E-state index is 6.14. The maximum absolute atomic E-state index is 6.14. The van der Waals surface area contributed by atoms with E-state index in [9.17, 15) is 0 Å². The Balaban J connectivity index is 2.13. The van der Waals surface area contributed by atoms with Gasteiger partial charge in [0.25, 0.3) is 0 Å². The normalized spacial score (nSPS) is 11.2. The molecular formula is C18H11BS. The molecule has 0 fully saturated rings. The van der Waals surface area contributed by atoms with Gasteiger partial charge >= 0.3 is 0 Å². The average molecular weight is 270 g/mol. The summed E-state index contributed by atoms with van der Waals surface area (Å²) < 4.78 is 2.64. The van der Waals surface area contributed by atoms with Gasteiger partial charge in [-0.05, 0) is 17.2 Å². The minimum absolute atomic E-state index is 0.831. The molecule has 3 aromatic carbocycles. The van der Waals surface area contributed by atoms with Crippen LogP contribution in [0.3, 0.4) is 0 Å². The van der Waals surface area contributed by atoms with Crippen molar-refractivity contribution in [1.82, 2.24) is 0 Å². The summed E-state index contributed by atoms with van der Waals surface area (Å²) >= 11 is 1.84. The molecule has 0 unspecified atom stereocenters. The van der Waals surface area contributed by atoms with Gasteiger partial charge in [-0.3, -0.25) is 0 Å². The van der Waals surface area contributed by atoms with E-state index < -0.39 is 0 Å². The van der Waals surface area contributed by atoms with Crippen LogP contribution in [0.1, 0.15) is 0 Å². The third kappa shape index (κ3) is 1.69. The Bertz CT molecular complexity index is 921. The molecule has 0 saturated heterocycles.